The normalized spacial score (nSPS) is 11.6. The molecule has 7 nitrogen and oxygen atoms in total. The zero-order chi connectivity index (χ0) is 25.5. The zero-order valence-electron chi connectivity index (χ0n) is 21.0. The van der Waals surface area contributed by atoms with Gasteiger partial charge >= 0.3 is 0 Å². The summed E-state index contributed by atoms with van der Waals surface area (Å²) in [5, 5.41) is 12.2. The van der Waals surface area contributed by atoms with E-state index in [0.29, 0.717) is 5.92 Å². The molecule has 0 fully saturated rings. The first-order chi connectivity index (χ1) is 17.9. The van der Waals surface area contributed by atoms with Gasteiger partial charge in [0.15, 0.2) is 0 Å². The Morgan fingerprint density at radius 3 is 2.70 bits per heavy atom. The van der Waals surface area contributed by atoms with Gasteiger partial charge in [0, 0.05) is 44.4 Å². The molecular weight excluding hydrogens is 478 g/mol. The van der Waals surface area contributed by atoms with Crippen LogP contribution in [0, 0.1) is 12.8 Å². The van der Waals surface area contributed by atoms with Gasteiger partial charge in [0.25, 0.3) is 0 Å². The summed E-state index contributed by atoms with van der Waals surface area (Å²) in [5.74, 6) is 0.533. The number of aromatic nitrogens is 6. The molecule has 6 rings (SSSR count). The van der Waals surface area contributed by atoms with Gasteiger partial charge < -0.3 is 10.3 Å². The molecule has 0 aliphatic rings. The highest BCUT2D eigenvalue weighted by atomic mass is 32.1. The number of fused-ring (bicyclic) bond motifs is 2. The summed E-state index contributed by atoms with van der Waals surface area (Å²) in [5.41, 5.74) is 9.04. The van der Waals surface area contributed by atoms with E-state index in [4.69, 9.17) is 4.98 Å². The lowest BCUT2D eigenvalue weighted by Crippen LogP contribution is -2.02. The Labute approximate surface area is 218 Å². The number of nitrogens with one attached hydrogen (secondary N) is 3. The van der Waals surface area contributed by atoms with E-state index in [1.165, 1.54) is 9.75 Å². The number of pyridine rings is 3. The summed E-state index contributed by atoms with van der Waals surface area (Å²) in [6.45, 7) is 10.6. The SMILES string of the molecule is C=C(CC(C)C)Nc1cncc(-c2ccc3[nH]nc(-c4cc5c(-c6ccc(C)s6)cncc5[nH]4)c3n2)c1. The minimum Gasteiger partial charge on any atom is -0.358 e. The van der Waals surface area contributed by atoms with Gasteiger partial charge in [0.1, 0.15) is 11.2 Å². The van der Waals surface area contributed by atoms with E-state index in [-0.39, 0.29) is 0 Å². The molecule has 0 aromatic carbocycles. The first kappa shape index (κ1) is 23.1. The number of H-pyrrole nitrogens is 2. The zero-order valence-corrected chi connectivity index (χ0v) is 21.8. The van der Waals surface area contributed by atoms with E-state index < -0.39 is 0 Å². The van der Waals surface area contributed by atoms with Crippen molar-refractivity contribution < 1.29 is 0 Å². The standard InChI is InChI=1S/C29H27N7S/c1-16(2)9-17(3)32-20-10-19(12-30-13-20)23-6-7-24-28(34-23)29(36-35-24)25-11-21-22(14-31-15-26(21)33-25)27-8-5-18(4)37-27/h5-8,10-16,32-33H,3,9H2,1-2,4H3,(H,35,36). The van der Waals surface area contributed by atoms with Crippen molar-refractivity contribution in [3.05, 3.63) is 78.3 Å². The molecule has 0 spiro atoms. The van der Waals surface area contributed by atoms with Crippen LogP contribution >= 0.6 is 11.3 Å². The Kier molecular flexibility index (Phi) is 5.81. The Morgan fingerprint density at radius 1 is 1.03 bits per heavy atom. The van der Waals surface area contributed by atoms with Crippen LogP contribution in [0.15, 0.2) is 73.5 Å². The summed E-state index contributed by atoms with van der Waals surface area (Å²) < 4.78 is 0. The molecule has 0 unspecified atom stereocenters. The molecule has 6 heterocycles. The van der Waals surface area contributed by atoms with E-state index in [9.17, 15) is 0 Å². The van der Waals surface area contributed by atoms with Crippen LogP contribution in [-0.2, 0) is 0 Å². The number of hydrogen-bond donors (Lipinski definition) is 3. The van der Waals surface area contributed by atoms with Gasteiger partial charge in [-0.25, -0.2) is 4.98 Å². The monoisotopic (exact) mass is 505 g/mol. The average molecular weight is 506 g/mol. The quantitative estimate of drug-likeness (QED) is 0.208. The van der Waals surface area contributed by atoms with Gasteiger partial charge in [0.2, 0.25) is 0 Å². The van der Waals surface area contributed by atoms with Crippen molar-refractivity contribution in [3.63, 3.8) is 0 Å². The van der Waals surface area contributed by atoms with Crippen LogP contribution in [0.3, 0.4) is 0 Å². The summed E-state index contributed by atoms with van der Waals surface area (Å²) in [6.07, 6.45) is 8.32. The Morgan fingerprint density at radius 2 is 1.89 bits per heavy atom. The molecule has 0 bridgehead atoms. The molecule has 0 saturated heterocycles. The highest BCUT2D eigenvalue weighted by molar-refractivity contribution is 7.15. The Hall–Kier alpha value is -4.30. The van der Waals surface area contributed by atoms with Crippen LogP contribution < -0.4 is 5.32 Å². The number of rotatable bonds is 7. The van der Waals surface area contributed by atoms with Gasteiger partial charge in [-0.3, -0.25) is 15.1 Å². The Balaban J connectivity index is 1.38. The smallest absolute Gasteiger partial charge is 0.135 e. The molecule has 0 aliphatic carbocycles. The first-order valence-corrected chi connectivity index (χ1v) is 13.1. The second kappa shape index (κ2) is 9.29. The van der Waals surface area contributed by atoms with Gasteiger partial charge in [-0.2, -0.15) is 5.10 Å². The number of hydrogen-bond acceptors (Lipinski definition) is 6. The maximum Gasteiger partial charge on any atom is 0.135 e. The number of aryl methyl sites for hydroxylation is 1. The predicted octanol–water partition coefficient (Wildman–Crippen LogP) is 7.57. The lowest BCUT2D eigenvalue weighted by molar-refractivity contribution is 0.645. The summed E-state index contributed by atoms with van der Waals surface area (Å²) in [6, 6.07) is 12.5. The topological polar surface area (TPSA) is 95.2 Å². The third kappa shape index (κ3) is 4.51. The number of nitrogens with zero attached hydrogens (tertiary/aromatic N) is 4. The molecule has 3 N–H and O–H groups in total. The molecule has 0 amide bonds. The highest BCUT2D eigenvalue weighted by Crippen LogP contribution is 2.36. The van der Waals surface area contributed by atoms with Crippen molar-refractivity contribution in [2.45, 2.75) is 27.2 Å². The lowest BCUT2D eigenvalue weighted by atomic mass is 10.1. The fourth-order valence-electron chi connectivity index (χ4n) is 4.60. The van der Waals surface area contributed by atoms with Crippen molar-refractivity contribution in [2.24, 2.45) is 5.92 Å². The maximum atomic E-state index is 4.99. The molecule has 0 aliphatic heterocycles. The van der Waals surface area contributed by atoms with Crippen LogP contribution in [-0.4, -0.2) is 30.1 Å². The van der Waals surface area contributed by atoms with Crippen molar-refractivity contribution >= 4 is 39.0 Å². The van der Waals surface area contributed by atoms with Gasteiger partial charge in [-0.05, 0) is 55.7 Å². The van der Waals surface area contributed by atoms with Crippen molar-refractivity contribution in [2.75, 3.05) is 5.32 Å². The molecule has 6 aromatic heterocycles. The summed E-state index contributed by atoms with van der Waals surface area (Å²) in [4.78, 5) is 19.9. The molecule has 0 radical (unpaired) electrons. The molecule has 0 atom stereocenters. The average Bonchev–Trinajstić information content (AvgIpc) is 3.60. The van der Waals surface area contributed by atoms with Crippen LogP contribution in [0.1, 0.15) is 25.1 Å². The molecular formula is C29H27N7S. The summed E-state index contributed by atoms with van der Waals surface area (Å²) in [7, 11) is 0. The van der Waals surface area contributed by atoms with Crippen LogP contribution in [0.4, 0.5) is 5.69 Å². The second-order valence-corrected chi connectivity index (χ2v) is 11.0. The van der Waals surface area contributed by atoms with Crippen LogP contribution in [0.2, 0.25) is 0 Å². The minimum atomic E-state index is 0.533. The van der Waals surface area contributed by atoms with E-state index in [1.807, 2.05) is 36.9 Å². The van der Waals surface area contributed by atoms with Crippen molar-refractivity contribution in [1.29, 1.82) is 0 Å². The van der Waals surface area contributed by atoms with Crippen molar-refractivity contribution in [3.8, 4) is 33.1 Å². The lowest BCUT2D eigenvalue weighted by Gasteiger charge is -2.12. The predicted molar refractivity (Wildman–Crippen MR) is 152 cm³/mol. The largest absolute Gasteiger partial charge is 0.358 e. The molecule has 8 heteroatoms. The van der Waals surface area contributed by atoms with Gasteiger partial charge in [-0.15, -0.1) is 11.3 Å². The highest BCUT2D eigenvalue weighted by Gasteiger charge is 2.16. The van der Waals surface area contributed by atoms with E-state index in [0.717, 1.165) is 68.0 Å². The number of thiophene rings is 1. The van der Waals surface area contributed by atoms with E-state index >= 15 is 0 Å². The fraction of sp³-hybridized carbons (Fsp3) is 0.172. The van der Waals surface area contributed by atoms with E-state index in [1.54, 1.807) is 11.3 Å². The maximum absolute atomic E-state index is 4.99. The first-order valence-electron chi connectivity index (χ1n) is 12.2. The van der Waals surface area contributed by atoms with E-state index in [2.05, 4.69) is 82.1 Å². The van der Waals surface area contributed by atoms with Gasteiger partial charge in [-0.1, -0.05) is 20.4 Å². The fourth-order valence-corrected chi connectivity index (χ4v) is 5.49. The number of allylic oxidation sites excluding steroid dienone is 1. The van der Waals surface area contributed by atoms with Crippen LogP contribution in [0.5, 0.6) is 0 Å². The third-order valence-corrected chi connectivity index (χ3v) is 7.26. The number of anilines is 1. The van der Waals surface area contributed by atoms with Crippen LogP contribution in [0.25, 0.3) is 55.0 Å². The molecule has 184 valence electrons. The number of aromatic amines is 2. The summed E-state index contributed by atoms with van der Waals surface area (Å²) >= 11 is 1.77. The van der Waals surface area contributed by atoms with Gasteiger partial charge in [0.05, 0.1) is 40.5 Å². The second-order valence-electron chi connectivity index (χ2n) is 9.70. The molecule has 6 aromatic rings. The molecule has 37 heavy (non-hydrogen) atoms. The molecule has 0 saturated carbocycles. The Bertz CT molecular complexity index is 1750. The third-order valence-electron chi connectivity index (χ3n) is 6.22. The van der Waals surface area contributed by atoms with Crippen molar-refractivity contribution in [1.82, 2.24) is 30.1 Å². The minimum absolute atomic E-state index is 0.533.